The topological polar surface area (TPSA) is 245 Å². The van der Waals surface area contributed by atoms with Crippen molar-refractivity contribution in [2.75, 3.05) is 24.7 Å². The van der Waals surface area contributed by atoms with Crippen molar-refractivity contribution in [3.05, 3.63) is 35.4 Å². The molecule has 3 saturated heterocycles. The molecule has 17 nitrogen and oxygen atoms in total. The molecular formula is C19H25N8O9P. The maximum Gasteiger partial charge on any atom is 0.472 e. The Morgan fingerprint density at radius 3 is 2.62 bits per heavy atom. The fraction of sp³-hybridized carbons (Fsp3) is 0.526. The zero-order valence-electron chi connectivity index (χ0n) is 19.2. The smallest absolute Gasteiger partial charge is 0.394 e. The van der Waals surface area contributed by atoms with E-state index in [1.165, 1.54) is 23.2 Å². The highest BCUT2D eigenvalue weighted by molar-refractivity contribution is 7.47. The Morgan fingerprint density at radius 2 is 1.89 bits per heavy atom. The highest BCUT2D eigenvalue weighted by atomic mass is 31.2. The monoisotopic (exact) mass is 540 g/mol. The highest BCUT2D eigenvalue weighted by Gasteiger charge is 2.46. The maximum atomic E-state index is 11.5. The number of nitrogen functional groups attached to an aromatic ring is 2. The molecule has 0 amide bonds. The second kappa shape index (κ2) is 10.0. The molecule has 200 valence electrons. The van der Waals surface area contributed by atoms with Gasteiger partial charge >= 0.3 is 13.5 Å². The molecule has 3 aliphatic rings. The van der Waals surface area contributed by atoms with Crippen molar-refractivity contribution in [2.24, 2.45) is 0 Å². The molecule has 6 rings (SSSR count). The number of hydrogen-bond donors (Lipinski definition) is 5. The normalized spacial score (nSPS) is 33.2. The minimum Gasteiger partial charge on any atom is -0.394 e. The van der Waals surface area contributed by atoms with Gasteiger partial charge in [-0.3, -0.25) is 18.2 Å². The van der Waals surface area contributed by atoms with Crippen molar-refractivity contribution < 1.29 is 38.2 Å². The number of rotatable bonds is 3. The number of nitrogens with zero attached hydrogens (tertiary/aromatic N) is 6. The van der Waals surface area contributed by atoms with Crippen LogP contribution in [-0.4, -0.2) is 81.8 Å². The summed E-state index contributed by atoms with van der Waals surface area (Å²) in [6, 6.07) is 1.48. The molecule has 6 heterocycles. The van der Waals surface area contributed by atoms with Gasteiger partial charge in [0.05, 0.1) is 25.6 Å². The third kappa shape index (κ3) is 5.21. The van der Waals surface area contributed by atoms with E-state index in [0.717, 1.165) is 0 Å². The van der Waals surface area contributed by atoms with Crippen LogP contribution < -0.4 is 17.2 Å². The van der Waals surface area contributed by atoms with E-state index in [9.17, 15) is 19.4 Å². The van der Waals surface area contributed by atoms with Crippen LogP contribution in [0.3, 0.4) is 0 Å². The van der Waals surface area contributed by atoms with E-state index in [-0.39, 0.29) is 31.3 Å². The summed E-state index contributed by atoms with van der Waals surface area (Å²) in [4.78, 5) is 36.6. The summed E-state index contributed by atoms with van der Waals surface area (Å²) in [5, 5.41) is 18.4. The number of imidazole rings is 1. The molecule has 37 heavy (non-hydrogen) atoms. The molecular weight excluding hydrogens is 515 g/mol. The molecule has 3 aliphatic heterocycles. The lowest BCUT2D eigenvalue weighted by Gasteiger charge is -2.26. The number of anilines is 2. The van der Waals surface area contributed by atoms with Crippen molar-refractivity contribution >= 4 is 30.6 Å². The van der Waals surface area contributed by atoms with Crippen LogP contribution in [0.1, 0.15) is 25.3 Å². The summed E-state index contributed by atoms with van der Waals surface area (Å²) in [5.41, 5.74) is 11.6. The van der Waals surface area contributed by atoms with Crippen LogP contribution in [0.4, 0.5) is 11.6 Å². The number of aliphatic hydroxyl groups is 2. The van der Waals surface area contributed by atoms with Gasteiger partial charge in [0.2, 0.25) is 0 Å². The standard InChI is InChI=1S/C10H12N5O5P.C9H13N3O4/c11-9-8-10(13-3-12-9)15(4-14-8)7-1-5-6(19-7)2-18-21(16,17)20-5;10-7-1-2-12(9(15)11-7)8-3-5(14)6(4-13)16-8/h3-7H,1-2H2,(H,16,17)(H2,11,12,13);1-2,5-6,8,13-14H,3-4H2,(H2,10,11,15)/t5-,6+,7+;5-,6+,8+/m00/s1. The molecule has 0 bridgehead atoms. The first-order chi connectivity index (χ1) is 17.6. The van der Waals surface area contributed by atoms with Crippen LogP contribution in [-0.2, 0) is 23.1 Å². The quantitative estimate of drug-likeness (QED) is 0.242. The van der Waals surface area contributed by atoms with Crippen LogP contribution >= 0.6 is 7.82 Å². The maximum absolute atomic E-state index is 11.5. The predicted octanol–water partition coefficient (Wildman–Crippen LogP) is -1.32. The number of hydrogen-bond acceptors (Lipinski definition) is 14. The lowest BCUT2D eigenvalue weighted by atomic mass is 10.2. The highest BCUT2D eigenvalue weighted by Crippen LogP contribution is 2.52. The Labute approximate surface area is 208 Å². The molecule has 18 heteroatoms. The van der Waals surface area contributed by atoms with E-state index in [1.54, 1.807) is 10.9 Å². The Balaban J connectivity index is 0.000000158. The van der Waals surface area contributed by atoms with Gasteiger partial charge in [-0.05, 0) is 6.07 Å². The molecule has 1 unspecified atom stereocenters. The van der Waals surface area contributed by atoms with Gasteiger partial charge < -0.3 is 36.0 Å². The van der Waals surface area contributed by atoms with Gasteiger partial charge in [0.25, 0.3) is 0 Å². The number of ether oxygens (including phenoxy) is 2. The zero-order valence-corrected chi connectivity index (χ0v) is 20.1. The van der Waals surface area contributed by atoms with Gasteiger partial charge in [0.1, 0.15) is 48.4 Å². The van der Waals surface area contributed by atoms with Gasteiger partial charge in [-0.1, -0.05) is 0 Å². The van der Waals surface area contributed by atoms with E-state index < -0.39 is 50.4 Å². The molecule has 3 fully saturated rings. The van der Waals surface area contributed by atoms with Gasteiger partial charge in [-0.15, -0.1) is 0 Å². The van der Waals surface area contributed by atoms with E-state index in [2.05, 4.69) is 19.9 Å². The van der Waals surface area contributed by atoms with E-state index in [4.69, 9.17) is 35.1 Å². The second-order valence-corrected chi connectivity index (χ2v) is 9.92. The first-order valence-corrected chi connectivity index (χ1v) is 12.7. The van der Waals surface area contributed by atoms with Crippen molar-refractivity contribution in [1.82, 2.24) is 29.1 Å². The van der Waals surface area contributed by atoms with E-state index >= 15 is 0 Å². The fourth-order valence-electron chi connectivity index (χ4n) is 4.28. The molecule has 7 N–H and O–H groups in total. The van der Waals surface area contributed by atoms with Gasteiger partial charge in [-0.2, -0.15) is 4.98 Å². The summed E-state index contributed by atoms with van der Waals surface area (Å²) < 4.78 is 35.3. The molecule has 0 aromatic carbocycles. The van der Waals surface area contributed by atoms with Crippen molar-refractivity contribution in [3.8, 4) is 0 Å². The van der Waals surface area contributed by atoms with Crippen molar-refractivity contribution in [1.29, 1.82) is 0 Å². The number of phosphoric acid groups is 1. The van der Waals surface area contributed by atoms with Crippen molar-refractivity contribution in [2.45, 2.75) is 49.7 Å². The average molecular weight is 540 g/mol. The fourth-order valence-corrected chi connectivity index (χ4v) is 5.24. The molecule has 3 aromatic heterocycles. The SMILES string of the molecule is Nc1ccn([C@H]2C[C@H](O)[C@@H](CO)O2)c(=O)n1.Nc1ncnc2c1ncn2[C@H]1C[C@@H]2OP(=O)(O)OC[C@H]2O1. The first kappa shape index (κ1) is 25.6. The third-order valence-electron chi connectivity index (χ3n) is 6.09. The van der Waals surface area contributed by atoms with Crippen LogP contribution in [0.2, 0.25) is 0 Å². The lowest BCUT2D eigenvalue weighted by Crippen LogP contribution is -2.32. The molecule has 0 spiro atoms. The first-order valence-electron chi connectivity index (χ1n) is 11.2. The zero-order chi connectivity index (χ0) is 26.3. The number of fused-ring (bicyclic) bond motifs is 2. The molecule has 3 aromatic rings. The lowest BCUT2D eigenvalue weighted by molar-refractivity contribution is -0.0662. The minimum atomic E-state index is -3.97. The number of aliphatic hydroxyl groups excluding tert-OH is 2. The summed E-state index contributed by atoms with van der Waals surface area (Å²) in [7, 11) is -3.97. The average Bonchev–Trinajstić information content (AvgIpc) is 3.55. The second-order valence-electron chi connectivity index (χ2n) is 8.51. The summed E-state index contributed by atoms with van der Waals surface area (Å²) in [6.07, 6.45) is 1.64. The van der Waals surface area contributed by atoms with Crippen LogP contribution in [0.15, 0.2) is 29.7 Å². The van der Waals surface area contributed by atoms with E-state index in [0.29, 0.717) is 17.6 Å². The summed E-state index contributed by atoms with van der Waals surface area (Å²) in [6.45, 7) is -0.270. The molecule has 7 atom stereocenters. The Hall–Kier alpha value is -3.02. The van der Waals surface area contributed by atoms with Crippen LogP contribution in [0.5, 0.6) is 0 Å². The summed E-state index contributed by atoms with van der Waals surface area (Å²) in [5.74, 6) is 0.423. The Morgan fingerprint density at radius 1 is 1.11 bits per heavy atom. The molecule has 0 aliphatic carbocycles. The number of phosphoric ester groups is 1. The number of aromatic nitrogens is 6. The van der Waals surface area contributed by atoms with Gasteiger partial charge in [0.15, 0.2) is 11.5 Å². The van der Waals surface area contributed by atoms with Gasteiger partial charge in [0, 0.05) is 19.0 Å². The predicted molar refractivity (Wildman–Crippen MR) is 123 cm³/mol. The van der Waals surface area contributed by atoms with Crippen LogP contribution in [0, 0.1) is 0 Å². The third-order valence-corrected chi connectivity index (χ3v) is 7.11. The number of nitrogens with two attached hydrogens (primary N) is 2. The minimum absolute atomic E-state index is 0.0126. The molecule has 0 radical (unpaired) electrons. The Bertz CT molecular complexity index is 1390. The van der Waals surface area contributed by atoms with Gasteiger partial charge in [-0.25, -0.2) is 24.3 Å². The largest absolute Gasteiger partial charge is 0.472 e. The Kier molecular flexibility index (Phi) is 6.95. The summed E-state index contributed by atoms with van der Waals surface area (Å²) >= 11 is 0. The van der Waals surface area contributed by atoms with Crippen molar-refractivity contribution in [3.63, 3.8) is 0 Å². The molecule has 0 saturated carbocycles. The van der Waals surface area contributed by atoms with Crippen LogP contribution in [0.25, 0.3) is 11.2 Å². The van der Waals surface area contributed by atoms with E-state index in [1.807, 2.05) is 0 Å².